The highest BCUT2D eigenvalue weighted by molar-refractivity contribution is 5.01. The molecule has 1 heterocycles. The average Bonchev–Trinajstić information content (AvgIpc) is 2.83. The summed E-state index contributed by atoms with van der Waals surface area (Å²) < 4.78 is 0. The average molecular weight is 179 g/mol. The molecule has 0 aromatic heterocycles. The summed E-state index contributed by atoms with van der Waals surface area (Å²) in [6, 6.07) is 1.03. The van der Waals surface area contributed by atoms with Gasteiger partial charge in [-0.15, -0.1) is 0 Å². The van der Waals surface area contributed by atoms with E-state index in [1.54, 1.807) is 19.3 Å². The Hall–Kier alpha value is -0.0400. The van der Waals surface area contributed by atoms with E-state index in [1.165, 1.54) is 38.8 Å². The summed E-state index contributed by atoms with van der Waals surface area (Å²) in [5, 5.41) is 0. The van der Waals surface area contributed by atoms with Crippen molar-refractivity contribution in [2.24, 2.45) is 11.8 Å². The van der Waals surface area contributed by atoms with E-state index in [1.807, 2.05) is 0 Å². The zero-order valence-corrected chi connectivity index (χ0v) is 8.54. The second-order valence-corrected chi connectivity index (χ2v) is 5.25. The monoisotopic (exact) mass is 179 g/mol. The van der Waals surface area contributed by atoms with E-state index < -0.39 is 0 Å². The number of piperidine rings is 1. The van der Waals surface area contributed by atoms with E-state index in [0.717, 1.165) is 17.9 Å². The van der Waals surface area contributed by atoms with E-state index in [2.05, 4.69) is 4.90 Å². The van der Waals surface area contributed by atoms with Crippen LogP contribution in [0.15, 0.2) is 0 Å². The van der Waals surface area contributed by atoms with E-state index in [4.69, 9.17) is 0 Å². The third-order valence-electron chi connectivity index (χ3n) is 4.42. The van der Waals surface area contributed by atoms with Gasteiger partial charge in [0.2, 0.25) is 0 Å². The van der Waals surface area contributed by atoms with E-state index >= 15 is 0 Å². The molecular weight excluding hydrogens is 158 g/mol. The Morgan fingerprint density at radius 2 is 1.62 bits per heavy atom. The van der Waals surface area contributed by atoms with Gasteiger partial charge in [-0.1, -0.05) is 25.7 Å². The normalized spacial score (nSPS) is 41.5. The minimum atomic E-state index is 1.03. The van der Waals surface area contributed by atoms with Gasteiger partial charge in [0.25, 0.3) is 0 Å². The molecule has 0 spiro atoms. The van der Waals surface area contributed by atoms with Gasteiger partial charge >= 0.3 is 0 Å². The van der Waals surface area contributed by atoms with Crippen LogP contribution in [0.5, 0.6) is 0 Å². The molecule has 13 heavy (non-hydrogen) atoms. The van der Waals surface area contributed by atoms with Crippen molar-refractivity contribution in [3.63, 3.8) is 0 Å². The van der Waals surface area contributed by atoms with Crippen LogP contribution in [-0.4, -0.2) is 24.0 Å². The fraction of sp³-hybridized carbons (Fsp3) is 1.00. The topological polar surface area (TPSA) is 3.24 Å². The highest BCUT2D eigenvalue weighted by Crippen LogP contribution is 2.49. The first-order chi connectivity index (χ1) is 6.45. The Bertz CT molecular complexity index is 180. The summed E-state index contributed by atoms with van der Waals surface area (Å²) >= 11 is 0. The highest BCUT2D eigenvalue weighted by Gasteiger charge is 2.47. The molecule has 0 N–H and O–H groups in total. The van der Waals surface area contributed by atoms with Crippen LogP contribution < -0.4 is 0 Å². The number of hydrogen-bond donors (Lipinski definition) is 0. The van der Waals surface area contributed by atoms with Gasteiger partial charge in [-0.2, -0.15) is 0 Å². The lowest BCUT2D eigenvalue weighted by Crippen LogP contribution is -2.34. The van der Waals surface area contributed by atoms with E-state index in [0.29, 0.717) is 0 Å². The van der Waals surface area contributed by atoms with Gasteiger partial charge in [0.05, 0.1) is 0 Å². The van der Waals surface area contributed by atoms with Gasteiger partial charge in [-0.3, -0.25) is 0 Å². The molecule has 3 rings (SSSR count). The lowest BCUT2D eigenvalue weighted by Gasteiger charge is -2.30. The first kappa shape index (κ1) is 8.28. The summed E-state index contributed by atoms with van der Waals surface area (Å²) in [6.07, 6.45) is 10.6. The summed E-state index contributed by atoms with van der Waals surface area (Å²) in [4.78, 5) is 2.78. The van der Waals surface area contributed by atoms with Crippen molar-refractivity contribution >= 4 is 0 Å². The van der Waals surface area contributed by atoms with Crippen molar-refractivity contribution in [1.29, 1.82) is 0 Å². The Kier molecular flexibility index (Phi) is 2.08. The van der Waals surface area contributed by atoms with Crippen LogP contribution in [0.25, 0.3) is 0 Å². The summed E-state index contributed by atoms with van der Waals surface area (Å²) in [5.74, 6) is 2.28. The predicted molar refractivity (Wildman–Crippen MR) is 54.7 cm³/mol. The number of hydrogen-bond acceptors (Lipinski definition) is 1. The van der Waals surface area contributed by atoms with Crippen LogP contribution in [0.1, 0.15) is 44.9 Å². The van der Waals surface area contributed by atoms with Crippen molar-refractivity contribution in [2.45, 2.75) is 51.0 Å². The molecule has 1 aliphatic heterocycles. The molecule has 74 valence electrons. The first-order valence-electron chi connectivity index (χ1n) is 6.19. The van der Waals surface area contributed by atoms with Crippen LogP contribution >= 0.6 is 0 Å². The highest BCUT2D eigenvalue weighted by atomic mass is 15.2. The van der Waals surface area contributed by atoms with Crippen molar-refractivity contribution in [3.05, 3.63) is 0 Å². The standard InChI is InChI=1S/C12H21N/c1-2-7-13(8-3-1)12-9-11(12)10-5-4-6-10/h10-12H,1-9H2. The molecule has 3 fully saturated rings. The molecule has 0 aromatic carbocycles. The quantitative estimate of drug-likeness (QED) is 0.630. The van der Waals surface area contributed by atoms with E-state index in [9.17, 15) is 0 Å². The van der Waals surface area contributed by atoms with Gasteiger partial charge in [-0.05, 0) is 44.2 Å². The van der Waals surface area contributed by atoms with E-state index in [-0.39, 0.29) is 0 Å². The molecule has 0 bridgehead atoms. The molecule has 2 unspecified atom stereocenters. The third-order valence-corrected chi connectivity index (χ3v) is 4.42. The van der Waals surface area contributed by atoms with Crippen molar-refractivity contribution in [3.8, 4) is 0 Å². The Labute approximate surface area is 81.5 Å². The second-order valence-electron chi connectivity index (χ2n) is 5.25. The van der Waals surface area contributed by atoms with Crippen LogP contribution in [0.3, 0.4) is 0 Å². The number of rotatable bonds is 2. The largest absolute Gasteiger partial charge is 0.300 e. The first-order valence-corrected chi connectivity index (χ1v) is 6.19. The zero-order valence-electron chi connectivity index (χ0n) is 8.54. The molecule has 1 saturated heterocycles. The zero-order chi connectivity index (χ0) is 8.67. The van der Waals surface area contributed by atoms with Crippen molar-refractivity contribution < 1.29 is 0 Å². The summed E-state index contributed by atoms with van der Waals surface area (Å²) in [5.41, 5.74) is 0. The SMILES string of the molecule is C1CCN(C2CC2C2CCC2)CC1. The molecule has 1 nitrogen and oxygen atoms in total. The predicted octanol–water partition coefficient (Wildman–Crippen LogP) is 2.66. The maximum atomic E-state index is 2.78. The van der Waals surface area contributed by atoms with Gasteiger partial charge in [0, 0.05) is 6.04 Å². The van der Waals surface area contributed by atoms with Gasteiger partial charge in [0.1, 0.15) is 0 Å². The molecule has 0 radical (unpaired) electrons. The summed E-state index contributed by atoms with van der Waals surface area (Å²) in [7, 11) is 0. The smallest absolute Gasteiger partial charge is 0.0130 e. The third kappa shape index (κ3) is 1.52. The lowest BCUT2D eigenvalue weighted by atomic mass is 9.81. The Morgan fingerprint density at radius 3 is 2.23 bits per heavy atom. The Balaban J connectivity index is 1.50. The molecule has 0 amide bonds. The fourth-order valence-electron chi connectivity index (χ4n) is 3.24. The van der Waals surface area contributed by atoms with Gasteiger partial charge in [-0.25, -0.2) is 0 Å². The maximum Gasteiger partial charge on any atom is 0.0130 e. The fourth-order valence-corrected chi connectivity index (χ4v) is 3.24. The molecule has 2 aliphatic carbocycles. The van der Waals surface area contributed by atoms with Crippen molar-refractivity contribution in [1.82, 2.24) is 4.90 Å². The maximum absolute atomic E-state index is 2.78. The van der Waals surface area contributed by atoms with Crippen LogP contribution in [0.2, 0.25) is 0 Å². The molecule has 2 saturated carbocycles. The molecular formula is C12H21N. The molecule has 3 aliphatic rings. The lowest BCUT2D eigenvalue weighted by molar-refractivity contribution is 0.180. The Morgan fingerprint density at radius 1 is 0.846 bits per heavy atom. The molecule has 2 atom stereocenters. The molecule has 0 aromatic rings. The van der Waals surface area contributed by atoms with Crippen molar-refractivity contribution in [2.75, 3.05) is 13.1 Å². The van der Waals surface area contributed by atoms with Crippen LogP contribution in [0, 0.1) is 11.8 Å². The van der Waals surface area contributed by atoms with Crippen LogP contribution in [-0.2, 0) is 0 Å². The minimum Gasteiger partial charge on any atom is -0.300 e. The number of nitrogens with zero attached hydrogens (tertiary/aromatic N) is 1. The second kappa shape index (κ2) is 3.27. The van der Waals surface area contributed by atoms with Crippen LogP contribution in [0.4, 0.5) is 0 Å². The number of likely N-dealkylation sites (tertiary alicyclic amines) is 1. The molecule has 1 heteroatoms. The van der Waals surface area contributed by atoms with Gasteiger partial charge < -0.3 is 4.90 Å². The summed E-state index contributed by atoms with van der Waals surface area (Å²) in [6.45, 7) is 2.82. The minimum absolute atomic E-state index is 1.03. The van der Waals surface area contributed by atoms with Gasteiger partial charge in [0.15, 0.2) is 0 Å².